The maximum absolute atomic E-state index is 5.70. The van der Waals surface area contributed by atoms with E-state index in [1.807, 2.05) is 0 Å². The van der Waals surface area contributed by atoms with E-state index in [1.165, 1.54) is 12.8 Å². The standard InChI is InChI=1S/C8H14O/c1-5-3-7-4-6(2)8(5)9-7/h5-8H,3-4H2,1-2H3. The number of hydrogen-bond donors (Lipinski definition) is 0. The summed E-state index contributed by atoms with van der Waals surface area (Å²) in [5, 5.41) is 0. The highest BCUT2D eigenvalue weighted by atomic mass is 16.5. The summed E-state index contributed by atoms with van der Waals surface area (Å²) < 4.78 is 5.70. The van der Waals surface area contributed by atoms with Gasteiger partial charge >= 0.3 is 0 Å². The molecule has 0 aromatic rings. The summed E-state index contributed by atoms with van der Waals surface area (Å²) in [4.78, 5) is 0. The number of rotatable bonds is 0. The van der Waals surface area contributed by atoms with E-state index in [-0.39, 0.29) is 0 Å². The zero-order valence-corrected chi connectivity index (χ0v) is 6.13. The average molecular weight is 126 g/mol. The van der Waals surface area contributed by atoms with Crippen LogP contribution < -0.4 is 0 Å². The van der Waals surface area contributed by atoms with E-state index in [2.05, 4.69) is 13.8 Å². The van der Waals surface area contributed by atoms with Gasteiger partial charge in [0.2, 0.25) is 0 Å². The van der Waals surface area contributed by atoms with Crippen LogP contribution in [0.1, 0.15) is 26.7 Å². The summed E-state index contributed by atoms with van der Waals surface area (Å²) in [6.45, 7) is 4.61. The van der Waals surface area contributed by atoms with Crippen LogP contribution in [0.5, 0.6) is 0 Å². The van der Waals surface area contributed by atoms with Gasteiger partial charge in [-0.2, -0.15) is 0 Å². The third-order valence-corrected chi connectivity index (χ3v) is 2.74. The van der Waals surface area contributed by atoms with Gasteiger partial charge in [-0.15, -0.1) is 0 Å². The first-order chi connectivity index (χ1) is 4.27. The zero-order chi connectivity index (χ0) is 6.43. The van der Waals surface area contributed by atoms with Crippen molar-refractivity contribution in [3.8, 4) is 0 Å². The minimum atomic E-state index is 0.606. The lowest BCUT2D eigenvalue weighted by atomic mass is 9.84. The fourth-order valence-corrected chi connectivity index (χ4v) is 2.36. The summed E-state index contributed by atoms with van der Waals surface area (Å²) >= 11 is 0. The Balaban J connectivity index is 2.13. The van der Waals surface area contributed by atoms with Gasteiger partial charge in [-0.3, -0.25) is 0 Å². The smallest absolute Gasteiger partial charge is 0.0631 e. The molecular formula is C8H14O. The van der Waals surface area contributed by atoms with Crippen LogP contribution >= 0.6 is 0 Å². The average Bonchev–Trinajstić information content (AvgIpc) is 2.22. The SMILES string of the molecule is CC1CC2CC(C)C1O2. The maximum Gasteiger partial charge on any atom is 0.0631 e. The molecule has 1 heteroatoms. The molecule has 9 heavy (non-hydrogen) atoms. The van der Waals surface area contributed by atoms with Crippen molar-refractivity contribution in [1.82, 2.24) is 0 Å². The molecule has 52 valence electrons. The van der Waals surface area contributed by atoms with E-state index in [0.29, 0.717) is 12.2 Å². The van der Waals surface area contributed by atoms with Gasteiger partial charge < -0.3 is 4.74 Å². The Kier molecular flexibility index (Phi) is 1.10. The molecule has 2 heterocycles. The molecule has 0 saturated carbocycles. The van der Waals surface area contributed by atoms with Gasteiger partial charge in [0.05, 0.1) is 12.2 Å². The summed E-state index contributed by atoms with van der Waals surface area (Å²) in [5.41, 5.74) is 0. The van der Waals surface area contributed by atoms with E-state index >= 15 is 0 Å². The first-order valence-electron chi connectivity index (χ1n) is 3.93. The monoisotopic (exact) mass is 126 g/mol. The molecule has 2 aliphatic rings. The quantitative estimate of drug-likeness (QED) is 0.481. The molecule has 2 bridgehead atoms. The van der Waals surface area contributed by atoms with Crippen molar-refractivity contribution in [3.05, 3.63) is 0 Å². The van der Waals surface area contributed by atoms with Gasteiger partial charge in [-0.25, -0.2) is 0 Å². The second-order valence-corrected chi connectivity index (χ2v) is 3.65. The van der Waals surface area contributed by atoms with Gasteiger partial charge in [-0.1, -0.05) is 13.8 Å². The van der Waals surface area contributed by atoms with Gasteiger partial charge in [0.15, 0.2) is 0 Å². The van der Waals surface area contributed by atoms with Gasteiger partial charge in [0.1, 0.15) is 0 Å². The molecule has 0 radical (unpaired) electrons. The molecule has 0 N–H and O–H groups in total. The fourth-order valence-electron chi connectivity index (χ4n) is 2.36. The molecule has 2 unspecified atom stereocenters. The van der Waals surface area contributed by atoms with Crippen LogP contribution in [-0.2, 0) is 4.74 Å². The molecule has 0 aromatic carbocycles. The van der Waals surface area contributed by atoms with Crippen LogP contribution in [0, 0.1) is 11.8 Å². The molecular weight excluding hydrogens is 112 g/mol. The third kappa shape index (κ3) is 0.710. The molecule has 0 amide bonds. The Morgan fingerprint density at radius 1 is 1.11 bits per heavy atom. The largest absolute Gasteiger partial charge is 0.374 e. The van der Waals surface area contributed by atoms with Crippen LogP contribution in [0.2, 0.25) is 0 Å². The molecule has 2 fully saturated rings. The van der Waals surface area contributed by atoms with Gasteiger partial charge in [-0.05, 0) is 24.7 Å². The molecule has 2 aliphatic heterocycles. The van der Waals surface area contributed by atoms with Crippen molar-refractivity contribution >= 4 is 0 Å². The van der Waals surface area contributed by atoms with Crippen molar-refractivity contribution in [2.75, 3.05) is 0 Å². The fraction of sp³-hybridized carbons (Fsp3) is 1.00. The molecule has 2 atom stereocenters. The normalized spacial score (nSPS) is 56.7. The second kappa shape index (κ2) is 1.72. The molecule has 1 nitrogen and oxygen atoms in total. The summed E-state index contributed by atoms with van der Waals surface area (Å²) in [7, 11) is 0. The number of ether oxygens (including phenoxy) is 1. The van der Waals surface area contributed by atoms with Crippen molar-refractivity contribution in [1.29, 1.82) is 0 Å². The first-order valence-corrected chi connectivity index (χ1v) is 3.93. The predicted octanol–water partition coefficient (Wildman–Crippen LogP) is 1.82. The van der Waals surface area contributed by atoms with Crippen molar-refractivity contribution < 1.29 is 4.74 Å². The van der Waals surface area contributed by atoms with Crippen molar-refractivity contribution in [2.45, 2.75) is 38.9 Å². The van der Waals surface area contributed by atoms with Gasteiger partial charge in [0, 0.05) is 0 Å². The van der Waals surface area contributed by atoms with E-state index < -0.39 is 0 Å². The second-order valence-electron chi connectivity index (χ2n) is 3.65. The van der Waals surface area contributed by atoms with Crippen LogP contribution in [0.4, 0.5) is 0 Å². The number of fused-ring (bicyclic) bond motifs is 2. The predicted molar refractivity (Wildman–Crippen MR) is 36.2 cm³/mol. The van der Waals surface area contributed by atoms with Crippen LogP contribution in [-0.4, -0.2) is 12.2 Å². The minimum absolute atomic E-state index is 0.606. The van der Waals surface area contributed by atoms with Crippen LogP contribution in [0.25, 0.3) is 0 Å². The van der Waals surface area contributed by atoms with E-state index in [1.54, 1.807) is 0 Å². The van der Waals surface area contributed by atoms with Gasteiger partial charge in [0.25, 0.3) is 0 Å². The topological polar surface area (TPSA) is 9.23 Å². The lowest BCUT2D eigenvalue weighted by Crippen LogP contribution is -2.21. The lowest BCUT2D eigenvalue weighted by molar-refractivity contribution is 0.0820. The molecule has 0 aromatic heterocycles. The highest BCUT2D eigenvalue weighted by Crippen LogP contribution is 2.41. The highest BCUT2D eigenvalue weighted by Gasteiger charge is 2.42. The Hall–Kier alpha value is -0.0400. The van der Waals surface area contributed by atoms with Crippen LogP contribution in [0.3, 0.4) is 0 Å². The first kappa shape index (κ1) is 5.72. The van der Waals surface area contributed by atoms with E-state index in [0.717, 1.165) is 11.8 Å². The van der Waals surface area contributed by atoms with Crippen LogP contribution in [0.15, 0.2) is 0 Å². The molecule has 0 spiro atoms. The Bertz CT molecular complexity index is 110. The zero-order valence-electron chi connectivity index (χ0n) is 6.13. The lowest BCUT2D eigenvalue weighted by Gasteiger charge is -2.19. The Morgan fingerprint density at radius 3 is 1.89 bits per heavy atom. The van der Waals surface area contributed by atoms with Crippen molar-refractivity contribution in [3.63, 3.8) is 0 Å². The van der Waals surface area contributed by atoms with E-state index in [4.69, 9.17) is 4.74 Å². The maximum atomic E-state index is 5.70. The highest BCUT2D eigenvalue weighted by molar-refractivity contribution is 4.91. The van der Waals surface area contributed by atoms with E-state index in [9.17, 15) is 0 Å². The Labute approximate surface area is 56.4 Å². The van der Waals surface area contributed by atoms with Crippen molar-refractivity contribution in [2.24, 2.45) is 11.8 Å². The Morgan fingerprint density at radius 2 is 1.67 bits per heavy atom. The molecule has 0 aliphatic carbocycles. The minimum Gasteiger partial charge on any atom is -0.374 e. The summed E-state index contributed by atoms with van der Waals surface area (Å²) in [6, 6.07) is 0. The summed E-state index contributed by atoms with van der Waals surface area (Å²) in [6.07, 6.45) is 3.86. The number of hydrogen-bond acceptors (Lipinski definition) is 1. The molecule has 2 rings (SSSR count). The summed E-state index contributed by atoms with van der Waals surface area (Å²) in [5.74, 6) is 1.66. The molecule has 2 saturated heterocycles. The third-order valence-electron chi connectivity index (χ3n) is 2.74.